The molecule has 0 saturated carbocycles. The molecule has 4 nitrogen and oxygen atoms in total. The topological polar surface area (TPSA) is 62.0 Å². The molecule has 0 bridgehead atoms. The van der Waals surface area contributed by atoms with Gasteiger partial charge in [-0.2, -0.15) is 0 Å². The first-order valence-electron chi connectivity index (χ1n) is 6.32. The van der Waals surface area contributed by atoms with Gasteiger partial charge in [0.2, 0.25) is 0 Å². The zero-order chi connectivity index (χ0) is 14.8. The van der Waals surface area contributed by atoms with Crippen molar-refractivity contribution in [3.63, 3.8) is 0 Å². The molecule has 21 heavy (non-hydrogen) atoms. The molecule has 0 radical (unpaired) electrons. The Bertz CT molecular complexity index is 887. The lowest BCUT2D eigenvalue weighted by molar-refractivity contribution is 0.102. The fraction of sp³-hybridized carbons (Fsp3) is 0. The quantitative estimate of drug-likeness (QED) is 0.761. The number of pyridine rings is 1. The second-order valence-corrected chi connectivity index (χ2v) is 5.00. The zero-order valence-corrected chi connectivity index (χ0v) is 11.6. The molecule has 104 valence electrons. The Morgan fingerprint density at radius 2 is 1.86 bits per heavy atom. The van der Waals surface area contributed by atoms with Crippen molar-refractivity contribution in [1.29, 1.82) is 0 Å². The number of carbonyl (C=O) groups excluding carboxylic acids is 1. The number of amides is 1. The van der Waals surface area contributed by atoms with Gasteiger partial charge in [-0.1, -0.05) is 35.9 Å². The van der Waals surface area contributed by atoms with E-state index < -0.39 is 0 Å². The Labute approximate surface area is 125 Å². The van der Waals surface area contributed by atoms with Crippen molar-refractivity contribution in [3.8, 4) is 0 Å². The van der Waals surface area contributed by atoms with Crippen LogP contribution in [0.4, 0.5) is 5.69 Å². The molecule has 2 N–H and O–H groups in total. The van der Waals surface area contributed by atoms with Crippen LogP contribution in [-0.2, 0) is 0 Å². The van der Waals surface area contributed by atoms with Crippen molar-refractivity contribution in [2.24, 2.45) is 0 Å². The molecule has 5 heteroatoms. The van der Waals surface area contributed by atoms with Gasteiger partial charge >= 0.3 is 0 Å². The molecule has 0 aliphatic rings. The van der Waals surface area contributed by atoms with E-state index in [0.717, 1.165) is 5.39 Å². The summed E-state index contributed by atoms with van der Waals surface area (Å²) in [6, 6.07) is 15.6. The molecular formula is C16H11ClN2O2. The molecule has 1 heterocycles. The van der Waals surface area contributed by atoms with Gasteiger partial charge in [-0.05, 0) is 35.7 Å². The molecule has 3 aromatic rings. The van der Waals surface area contributed by atoms with Crippen molar-refractivity contribution < 1.29 is 4.79 Å². The maximum atomic E-state index is 12.2. The molecule has 0 atom stereocenters. The van der Waals surface area contributed by atoms with Gasteiger partial charge < -0.3 is 10.3 Å². The number of anilines is 1. The molecule has 0 aliphatic heterocycles. The van der Waals surface area contributed by atoms with Gasteiger partial charge in [0.15, 0.2) is 0 Å². The van der Waals surface area contributed by atoms with Crippen molar-refractivity contribution in [1.82, 2.24) is 4.98 Å². The van der Waals surface area contributed by atoms with E-state index in [4.69, 9.17) is 11.6 Å². The van der Waals surface area contributed by atoms with Crippen LogP contribution in [0.3, 0.4) is 0 Å². The first-order chi connectivity index (χ1) is 10.1. The van der Waals surface area contributed by atoms with E-state index in [0.29, 0.717) is 16.1 Å². The van der Waals surface area contributed by atoms with Crippen LogP contribution in [0.15, 0.2) is 59.4 Å². The Morgan fingerprint density at radius 1 is 1.05 bits per heavy atom. The highest BCUT2D eigenvalue weighted by Gasteiger charge is 2.09. The average molecular weight is 299 g/mol. The molecular weight excluding hydrogens is 288 g/mol. The fourth-order valence-electron chi connectivity index (χ4n) is 2.10. The first-order valence-corrected chi connectivity index (χ1v) is 6.70. The minimum atomic E-state index is -0.389. The average Bonchev–Trinajstić information content (AvgIpc) is 2.47. The zero-order valence-electron chi connectivity index (χ0n) is 10.9. The molecule has 3 rings (SSSR count). The number of halogens is 1. The molecule has 0 fully saturated rings. The van der Waals surface area contributed by atoms with Crippen molar-refractivity contribution in [3.05, 3.63) is 75.7 Å². The monoisotopic (exact) mass is 298 g/mol. The molecule has 0 spiro atoms. The summed E-state index contributed by atoms with van der Waals surface area (Å²) in [7, 11) is 0. The van der Waals surface area contributed by atoms with Crippen molar-refractivity contribution in [2.45, 2.75) is 0 Å². The maximum Gasteiger partial charge on any atom is 0.272 e. The largest absolute Gasteiger partial charge is 0.321 e. The minimum absolute atomic E-state index is 0.207. The van der Waals surface area contributed by atoms with Crippen LogP contribution in [0.5, 0.6) is 0 Å². The predicted molar refractivity (Wildman–Crippen MR) is 84.0 cm³/mol. The van der Waals surface area contributed by atoms with Crippen LogP contribution < -0.4 is 10.9 Å². The molecule has 1 amide bonds. The van der Waals surface area contributed by atoms with Gasteiger partial charge in [-0.25, -0.2) is 0 Å². The molecule has 2 aromatic carbocycles. The Kier molecular flexibility index (Phi) is 3.46. The van der Waals surface area contributed by atoms with Crippen LogP contribution >= 0.6 is 11.6 Å². The van der Waals surface area contributed by atoms with E-state index in [2.05, 4.69) is 10.3 Å². The molecule has 0 saturated heterocycles. The number of hydrogen-bond donors (Lipinski definition) is 2. The lowest BCUT2D eigenvalue weighted by atomic mass is 10.1. The summed E-state index contributed by atoms with van der Waals surface area (Å²) in [5.41, 5.74) is 0.490. The van der Waals surface area contributed by atoms with E-state index in [9.17, 15) is 9.59 Å². The van der Waals surface area contributed by atoms with E-state index in [-0.39, 0.29) is 17.2 Å². The van der Waals surface area contributed by atoms with Crippen LogP contribution in [-0.4, -0.2) is 10.9 Å². The Balaban J connectivity index is 1.96. The Hall–Kier alpha value is -2.59. The number of aromatic amines is 1. The third-order valence-corrected chi connectivity index (χ3v) is 3.32. The van der Waals surface area contributed by atoms with E-state index in [1.54, 1.807) is 48.5 Å². The highest BCUT2D eigenvalue weighted by atomic mass is 35.5. The van der Waals surface area contributed by atoms with E-state index in [1.165, 1.54) is 0 Å². The maximum absolute atomic E-state index is 12.2. The van der Waals surface area contributed by atoms with Gasteiger partial charge in [0.25, 0.3) is 11.5 Å². The van der Waals surface area contributed by atoms with Crippen molar-refractivity contribution >= 4 is 34.0 Å². The number of fused-ring (bicyclic) bond motifs is 1. The summed E-state index contributed by atoms with van der Waals surface area (Å²) in [6.45, 7) is 0. The lowest BCUT2D eigenvalue weighted by Gasteiger charge is -2.06. The van der Waals surface area contributed by atoms with Crippen molar-refractivity contribution in [2.75, 3.05) is 5.32 Å². The van der Waals surface area contributed by atoms with Crippen LogP contribution in [0.2, 0.25) is 5.02 Å². The molecule has 0 aliphatic carbocycles. The van der Waals surface area contributed by atoms with Gasteiger partial charge in [-0.15, -0.1) is 0 Å². The Morgan fingerprint density at radius 3 is 2.67 bits per heavy atom. The second kappa shape index (κ2) is 5.42. The summed E-state index contributed by atoms with van der Waals surface area (Å²) in [5, 5.41) is 4.50. The SMILES string of the molecule is O=C(Nc1cccc(Cl)c1)c1cc2ccccc2c(=O)[nH]1. The standard InChI is InChI=1S/C16H11ClN2O2/c17-11-5-3-6-12(9-11)18-16(21)14-8-10-4-1-2-7-13(10)15(20)19-14/h1-9H,(H,18,21)(H,19,20). The third kappa shape index (κ3) is 2.80. The van der Waals surface area contributed by atoms with Gasteiger partial charge in [0.1, 0.15) is 5.69 Å². The summed E-state index contributed by atoms with van der Waals surface area (Å²) in [4.78, 5) is 26.7. The second-order valence-electron chi connectivity index (χ2n) is 4.56. The summed E-state index contributed by atoms with van der Waals surface area (Å²) < 4.78 is 0. The number of nitrogens with one attached hydrogen (secondary N) is 2. The normalized spacial score (nSPS) is 10.5. The highest BCUT2D eigenvalue weighted by Crippen LogP contribution is 2.16. The smallest absolute Gasteiger partial charge is 0.272 e. The fourth-order valence-corrected chi connectivity index (χ4v) is 2.29. The third-order valence-electron chi connectivity index (χ3n) is 3.08. The first kappa shape index (κ1) is 13.4. The molecule has 1 aromatic heterocycles. The van der Waals surface area contributed by atoms with E-state index >= 15 is 0 Å². The highest BCUT2D eigenvalue weighted by molar-refractivity contribution is 6.30. The van der Waals surface area contributed by atoms with E-state index in [1.807, 2.05) is 6.07 Å². The van der Waals surface area contributed by atoms with Crippen LogP contribution in [0.25, 0.3) is 10.8 Å². The molecule has 0 unspecified atom stereocenters. The summed E-state index contributed by atoms with van der Waals surface area (Å²) in [6.07, 6.45) is 0. The van der Waals surface area contributed by atoms with Gasteiger partial charge in [0, 0.05) is 16.1 Å². The number of carbonyl (C=O) groups is 1. The predicted octanol–water partition coefficient (Wildman–Crippen LogP) is 3.43. The number of rotatable bonds is 2. The van der Waals surface area contributed by atoms with Gasteiger partial charge in [0.05, 0.1) is 0 Å². The number of aromatic nitrogens is 1. The minimum Gasteiger partial charge on any atom is -0.321 e. The van der Waals surface area contributed by atoms with Gasteiger partial charge in [-0.3, -0.25) is 9.59 Å². The summed E-state index contributed by atoms with van der Waals surface area (Å²) in [5.74, 6) is -0.389. The number of H-pyrrole nitrogens is 1. The summed E-state index contributed by atoms with van der Waals surface area (Å²) >= 11 is 5.87. The lowest BCUT2D eigenvalue weighted by Crippen LogP contribution is -2.18. The number of benzene rings is 2. The van der Waals surface area contributed by atoms with Crippen LogP contribution in [0, 0.1) is 0 Å². The van der Waals surface area contributed by atoms with Crippen LogP contribution in [0.1, 0.15) is 10.5 Å². The number of hydrogen-bond acceptors (Lipinski definition) is 2.